The van der Waals surface area contributed by atoms with Crippen LogP contribution in [-0.4, -0.2) is 5.75 Å². The highest BCUT2D eigenvalue weighted by molar-refractivity contribution is 7.73. The zero-order valence-electron chi connectivity index (χ0n) is 5.59. The van der Waals surface area contributed by atoms with Crippen LogP contribution in [0.15, 0.2) is 12.7 Å². The van der Waals surface area contributed by atoms with Crippen LogP contribution in [0, 0.1) is 10.7 Å². The Morgan fingerprint density at radius 2 is 2.44 bits per heavy atom. The van der Waals surface area contributed by atoms with Crippen LogP contribution in [0.25, 0.3) is 0 Å². The summed E-state index contributed by atoms with van der Waals surface area (Å²) < 4.78 is 17.0. The molecule has 1 unspecified atom stereocenters. The minimum absolute atomic E-state index is 0.334. The van der Waals surface area contributed by atoms with E-state index < -0.39 is 10.6 Å². The summed E-state index contributed by atoms with van der Waals surface area (Å²) in [4.78, 5) is 0. The molecule has 0 bridgehead atoms. The molecule has 0 rings (SSSR count). The lowest BCUT2D eigenvalue weighted by atomic mass is 10.1. The normalized spacial score (nSPS) is 13.6. The van der Waals surface area contributed by atoms with E-state index in [1.165, 1.54) is 0 Å². The van der Waals surface area contributed by atoms with E-state index in [2.05, 4.69) is 6.58 Å². The molecule has 1 atom stereocenters. The van der Waals surface area contributed by atoms with Gasteiger partial charge in [-0.15, -0.1) is 6.58 Å². The molecule has 0 aromatic carbocycles. The monoisotopic (exact) mass is 146 g/mol. The van der Waals surface area contributed by atoms with E-state index in [1.54, 1.807) is 6.08 Å². The Morgan fingerprint density at radius 3 is 2.78 bits per heavy atom. The molecule has 0 aliphatic carbocycles. The minimum atomic E-state index is -1.39. The quantitative estimate of drug-likeness (QED) is 0.478. The van der Waals surface area contributed by atoms with Crippen LogP contribution in [0.4, 0.5) is 0 Å². The number of allylic oxidation sites excluding steroid dienone is 1. The van der Waals surface area contributed by atoms with Crippen molar-refractivity contribution in [1.29, 1.82) is 4.78 Å². The van der Waals surface area contributed by atoms with Gasteiger partial charge in [-0.2, -0.15) is 10.6 Å². The van der Waals surface area contributed by atoms with E-state index in [0.29, 0.717) is 11.7 Å². The van der Waals surface area contributed by atoms with Gasteiger partial charge < -0.3 is 8.99 Å². The zero-order valence-corrected chi connectivity index (χ0v) is 6.41. The number of rotatable bonds is 4. The molecule has 3 heteroatoms. The molecule has 0 saturated heterocycles. The lowest BCUT2D eigenvalue weighted by Gasteiger charge is -2.07. The second-order valence-corrected chi connectivity index (χ2v) is 3.17. The summed E-state index contributed by atoms with van der Waals surface area (Å²) in [6.07, 6.45) is 2.64. The molecule has 2 nitrogen and oxygen atoms in total. The summed E-state index contributed by atoms with van der Waals surface area (Å²) in [5, 5.41) is 0. The third-order valence-corrected chi connectivity index (χ3v) is 1.88. The Bertz CT molecular complexity index is 143. The van der Waals surface area contributed by atoms with E-state index in [-0.39, 0.29) is 0 Å². The third-order valence-electron chi connectivity index (χ3n) is 1.00. The number of hydrogen-bond acceptors (Lipinski definition) is 3. The molecule has 0 aliphatic heterocycles. The molecule has 0 spiro atoms. The number of hydrogen-bond donors (Lipinski definition) is 1. The fourth-order valence-electron chi connectivity index (χ4n) is 0.611. The molecular weight excluding hydrogens is 134 g/mol. The van der Waals surface area contributed by atoms with Crippen molar-refractivity contribution in [1.82, 2.24) is 0 Å². The van der Waals surface area contributed by atoms with Gasteiger partial charge in [0.25, 0.3) is 0 Å². The van der Waals surface area contributed by atoms with Crippen LogP contribution in [0.5, 0.6) is 0 Å². The van der Waals surface area contributed by atoms with Gasteiger partial charge >= 0.3 is 0 Å². The van der Waals surface area contributed by atoms with Crippen LogP contribution < -0.4 is 0 Å². The van der Waals surface area contributed by atoms with Crippen LogP contribution in [0.3, 0.4) is 0 Å². The van der Waals surface area contributed by atoms with Crippen molar-refractivity contribution in [3.05, 3.63) is 12.7 Å². The molecule has 0 amide bonds. The first-order valence-corrected chi connectivity index (χ1v) is 4.19. The molecule has 0 aliphatic rings. The third kappa shape index (κ3) is 5.56. The molecule has 54 valence electrons. The van der Waals surface area contributed by atoms with E-state index in [4.69, 9.17) is 4.78 Å². The minimum Gasteiger partial charge on any atom is -0.445 e. The molecule has 0 radical (unpaired) electrons. The van der Waals surface area contributed by atoms with E-state index in [9.17, 15) is 4.21 Å². The van der Waals surface area contributed by atoms with Crippen LogP contribution in [0.2, 0.25) is 0 Å². The van der Waals surface area contributed by atoms with Gasteiger partial charge in [0.15, 0.2) is 0 Å². The van der Waals surface area contributed by atoms with Gasteiger partial charge in [-0.05, 0) is 6.42 Å². The SMILES string of the molecule is C=CCC(C)C[S-](=N)=O. The summed E-state index contributed by atoms with van der Waals surface area (Å²) in [7, 11) is -1.39. The van der Waals surface area contributed by atoms with Gasteiger partial charge in [0.1, 0.15) is 0 Å². The molecule has 0 aromatic heterocycles. The van der Waals surface area contributed by atoms with Crippen LogP contribution in [-0.2, 0) is 14.8 Å². The van der Waals surface area contributed by atoms with Crippen LogP contribution in [0.1, 0.15) is 13.3 Å². The second-order valence-electron chi connectivity index (χ2n) is 2.14. The Balaban J connectivity index is 3.49. The molecule has 1 N–H and O–H groups in total. The average Bonchev–Trinajstić information content (AvgIpc) is 1.63. The first-order valence-electron chi connectivity index (χ1n) is 2.87. The predicted molar refractivity (Wildman–Crippen MR) is 39.6 cm³/mol. The summed E-state index contributed by atoms with van der Waals surface area (Å²) in [5.41, 5.74) is 0. The predicted octanol–water partition coefficient (Wildman–Crippen LogP) is 1.92. The lowest BCUT2D eigenvalue weighted by Crippen LogP contribution is -1.99. The highest BCUT2D eigenvalue weighted by Gasteiger charge is 1.91. The van der Waals surface area contributed by atoms with Crippen molar-refractivity contribution in [2.75, 3.05) is 5.75 Å². The second kappa shape index (κ2) is 4.56. The molecular formula is C6H12NOS-. The molecule has 0 aromatic rings. The maximum Gasteiger partial charge on any atom is -0.0343 e. The lowest BCUT2D eigenvalue weighted by molar-refractivity contribution is 0.586. The van der Waals surface area contributed by atoms with E-state index >= 15 is 0 Å². The highest BCUT2D eigenvalue weighted by Crippen LogP contribution is 2.01. The van der Waals surface area contributed by atoms with Gasteiger partial charge in [0.2, 0.25) is 0 Å². The molecule has 0 heterocycles. The van der Waals surface area contributed by atoms with Gasteiger partial charge in [-0.25, -0.2) is 0 Å². The number of nitrogens with one attached hydrogen (secondary N) is 1. The Hall–Kier alpha value is -0.310. The first-order chi connectivity index (χ1) is 4.16. The standard InChI is InChI=1S/C6H12NOS/c1-3-4-6(2)5-9(7)8/h3,6-7H,1,4-5H2,2H3/q-1. The summed E-state index contributed by atoms with van der Waals surface area (Å²) in [6.45, 7) is 5.51. The maximum atomic E-state index is 10.3. The summed E-state index contributed by atoms with van der Waals surface area (Å²) in [5.74, 6) is 0.798. The van der Waals surface area contributed by atoms with Gasteiger partial charge in [0, 0.05) is 0 Å². The van der Waals surface area contributed by atoms with Crippen molar-refractivity contribution in [2.24, 2.45) is 5.92 Å². The maximum absolute atomic E-state index is 10.3. The van der Waals surface area contributed by atoms with Crippen molar-refractivity contribution >= 4 is 10.6 Å². The highest BCUT2D eigenvalue weighted by atomic mass is 32.2. The van der Waals surface area contributed by atoms with Crippen molar-refractivity contribution < 1.29 is 4.21 Å². The van der Waals surface area contributed by atoms with Gasteiger partial charge in [0.05, 0.1) is 0 Å². The Morgan fingerprint density at radius 1 is 1.89 bits per heavy atom. The summed E-state index contributed by atoms with van der Waals surface area (Å²) in [6, 6.07) is 0. The Kier molecular flexibility index (Phi) is 4.40. The first kappa shape index (κ1) is 8.69. The van der Waals surface area contributed by atoms with Crippen LogP contribution >= 0.6 is 0 Å². The summed E-state index contributed by atoms with van der Waals surface area (Å²) >= 11 is 0. The molecule has 0 fully saturated rings. The van der Waals surface area contributed by atoms with E-state index in [0.717, 1.165) is 6.42 Å². The Labute approximate surface area is 58.0 Å². The fraction of sp³-hybridized carbons (Fsp3) is 0.667. The topological polar surface area (TPSA) is 40.9 Å². The zero-order chi connectivity index (χ0) is 7.28. The molecule has 9 heavy (non-hydrogen) atoms. The van der Waals surface area contributed by atoms with E-state index in [1.807, 2.05) is 6.92 Å². The average molecular weight is 146 g/mol. The van der Waals surface area contributed by atoms with Crippen molar-refractivity contribution in [3.63, 3.8) is 0 Å². The van der Waals surface area contributed by atoms with Crippen molar-refractivity contribution in [3.8, 4) is 0 Å². The fourth-order valence-corrected chi connectivity index (χ4v) is 1.26. The van der Waals surface area contributed by atoms with Gasteiger partial charge in [-0.1, -0.05) is 24.7 Å². The van der Waals surface area contributed by atoms with Gasteiger partial charge in [-0.3, -0.25) is 0 Å². The largest absolute Gasteiger partial charge is 0.445 e. The van der Waals surface area contributed by atoms with Crippen molar-refractivity contribution in [2.45, 2.75) is 13.3 Å². The smallest absolute Gasteiger partial charge is 0.0343 e. The molecule has 0 saturated carbocycles.